The second-order valence-electron chi connectivity index (χ2n) is 4.98. The molecule has 0 bridgehead atoms. The van der Waals surface area contributed by atoms with Crippen LogP contribution in [0.1, 0.15) is 38.1 Å². The van der Waals surface area contributed by atoms with E-state index in [0.717, 1.165) is 31.5 Å². The molecule has 4 nitrogen and oxygen atoms in total. The first-order valence-corrected chi connectivity index (χ1v) is 6.82. The Morgan fingerprint density at radius 3 is 2.67 bits per heavy atom. The number of nitrogens with zero attached hydrogens (tertiary/aromatic N) is 2. The van der Waals surface area contributed by atoms with Crippen LogP contribution in [0.2, 0.25) is 0 Å². The molecule has 1 rings (SSSR count). The second-order valence-corrected chi connectivity index (χ2v) is 4.98. The van der Waals surface area contributed by atoms with Gasteiger partial charge in [-0.3, -0.25) is 4.68 Å². The summed E-state index contributed by atoms with van der Waals surface area (Å²) in [7, 11) is 3.79. The molecule has 4 heteroatoms. The summed E-state index contributed by atoms with van der Waals surface area (Å²) in [5, 5.41) is 7.95. The van der Waals surface area contributed by atoms with Crippen molar-refractivity contribution in [3.05, 3.63) is 17.5 Å². The molecule has 2 unspecified atom stereocenters. The average molecular weight is 253 g/mol. The van der Waals surface area contributed by atoms with Crippen LogP contribution in [0.15, 0.2) is 6.07 Å². The molecule has 0 aromatic carbocycles. The Morgan fingerprint density at radius 1 is 1.44 bits per heavy atom. The van der Waals surface area contributed by atoms with E-state index in [9.17, 15) is 0 Å². The monoisotopic (exact) mass is 253 g/mol. The van der Waals surface area contributed by atoms with Gasteiger partial charge in [-0.05, 0) is 39.3 Å². The van der Waals surface area contributed by atoms with Crippen LogP contribution >= 0.6 is 0 Å². The van der Waals surface area contributed by atoms with E-state index in [0.29, 0.717) is 12.1 Å². The van der Waals surface area contributed by atoms with Gasteiger partial charge < -0.3 is 10.1 Å². The van der Waals surface area contributed by atoms with Crippen LogP contribution in [-0.2, 0) is 18.2 Å². The third-order valence-electron chi connectivity index (χ3n) is 3.37. The quantitative estimate of drug-likeness (QED) is 0.771. The molecular formula is C14H27N3O. The third kappa shape index (κ3) is 4.78. The summed E-state index contributed by atoms with van der Waals surface area (Å²) in [6.07, 6.45) is 3.58. The van der Waals surface area contributed by atoms with Crippen molar-refractivity contribution in [1.82, 2.24) is 15.1 Å². The summed E-state index contributed by atoms with van der Waals surface area (Å²) in [4.78, 5) is 0. The minimum Gasteiger partial charge on any atom is -0.382 e. The molecule has 0 amide bonds. The standard InChI is InChI=1S/C14H27N3O/c1-6-15-13(8-7-12(3)18-5)10-14-9-11(2)16-17(14)4/h9,12-13,15H,6-8,10H2,1-5H3. The summed E-state index contributed by atoms with van der Waals surface area (Å²) in [6.45, 7) is 7.32. The Balaban J connectivity index is 2.54. The van der Waals surface area contributed by atoms with E-state index in [1.165, 1.54) is 5.69 Å². The van der Waals surface area contributed by atoms with E-state index in [1.54, 1.807) is 7.11 Å². The molecule has 0 saturated heterocycles. The van der Waals surface area contributed by atoms with Gasteiger partial charge in [-0.25, -0.2) is 0 Å². The lowest BCUT2D eigenvalue weighted by Crippen LogP contribution is -2.32. The number of rotatable bonds is 8. The van der Waals surface area contributed by atoms with Crippen LogP contribution in [0.5, 0.6) is 0 Å². The molecule has 0 aliphatic heterocycles. The number of hydrogen-bond donors (Lipinski definition) is 1. The summed E-state index contributed by atoms with van der Waals surface area (Å²) >= 11 is 0. The van der Waals surface area contributed by atoms with Crippen LogP contribution in [0.4, 0.5) is 0 Å². The van der Waals surface area contributed by atoms with E-state index in [-0.39, 0.29) is 0 Å². The van der Waals surface area contributed by atoms with E-state index >= 15 is 0 Å². The first-order chi connectivity index (χ1) is 8.56. The fourth-order valence-corrected chi connectivity index (χ4v) is 2.23. The van der Waals surface area contributed by atoms with E-state index < -0.39 is 0 Å². The van der Waals surface area contributed by atoms with Crippen molar-refractivity contribution in [2.24, 2.45) is 7.05 Å². The smallest absolute Gasteiger partial charge is 0.0596 e. The molecule has 2 atom stereocenters. The van der Waals surface area contributed by atoms with Crippen molar-refractivity contribution in [3.63, 3.8) is 0 Å². The molecule has 104 valence electrons. The maximum absolute atomic E-state index is 5.31. The van der Waals surface area contributed by atoms with Crippen LogP contribution in [-0.4, -0.2) is 35.6 Å². The lowest BCUT2D eigenvalue weighted by molar-refractivity contribution is 0.106. The van der Waals surface area contributed by atoms with Gasteiger partial charge in [0.1, 0.15) is 0 Å². The van der Waals surface area contributed by atoms with Gasteiger partial charge in [-0.1, -0.05) is 6.92 Å². The molecule has 1 heterocycles. The van der Waals surface area contributed by atoms with Crippen molar-refractivity contribution in [2.45, 2.75) is 52.2 Å². The molecular weight excluding hydrogens is 226 g/mol. The second kappa shape index (κ2) is 7.54. The molecule has 18 heavy (non-hydrogen) atoms. The summed E-state index contributed by atoms with van der Waals surface area (Å²) in [5.41, 5.74) is 2.39. The molecule has 1 aromatic rings. The van der Waals surface area contributed by atoms with Crippen LogP contribution in [0.3, 0.4) is 0 Å². The van der Waals surface area contributed by atoms with Crippen molar-refractivity contribution >= 4 is 0 Å². The molecule has 0 radical (unpaired) electrons. The number of ether oxygens (including phenoxy) is 1. The average Bonchev–Trinajstić information content (AvgIpc) is 2.64. The van der Waals surface area contributed by atoms with Gasteiger partial charge in [0.2, 0.25) is 0 Å². The molecule has 0 saturated carbocycles. The Morgan fingerprint density at radius 2 is 2.17 bits per heavy atom. The maximum atomic E-state index is 5.31. The summed E-state index contributed by atoms with van der Waals surface area (Å²) in [5.74, 6) is 0. The number of likely N-dealkylation sites (N-methyl/N-ethyl adjacent to an activating group) is 1. The highest BCUT2D eigenvalue weighted by molar-refractivity contribution is 5.10. The van der Waals surface area contributed by atoms with Gasteiger partial charge in [-0.15, -0.1) is 0 Å². The van der Waals surface area contributed by atoms with Crippen molar-refractivity contribution in [2.75, 3.05) is 13.7 Å². The van der Waals surface area contributed by atoms with E-state index in [4.69, 9.17) is 4.74 Å². The number of aromatic nitrogens is 2. The maximum Gasteiger partial charge on any atom is 0.0596 e. The van der Waals surface area contributed by atoms with Gasteiger partial charge in [-0.2, -0.15) is 5.10 Å². The van der Waals surface area contributed by atoms with Gasteiger partial charge in [0.05, 0.1) is 11.8 Å². The normalized spacial score (nSPS) is 14.7. The summed E-state index contributed by atoms with van der Waals surface area (Å²) in [6, 6.07) is 2.67. The minimum atomic E-state index is 0.333. The van der Waals surface area contributed by atoms with Gasteiger partial charge >= 0.3 is 0 Å². The predicted octanol–water partition coefficient (Wildman–Crippen LogP) is 2.06. The lowest BCUT2D eigenvalue weighted by atomic mass is 10.0. The fourth-order valence-electron chi connectivity index (χ4n) is 2.23. The fraction of sp³-hybridized carbons (Fsp3) is 0.786. The molecule has 0 aliphatic rings. The highest BCUT2D eigenvalue weighted by Crippen LogP contribution is 2.11. The molecule has 0 spiro atoms. The minimum absolute atomic E-state index is 0.333. The molecule has 0 aliphatic carbocycles. The van der Waals surface area contributed by atoms with Crippen molar-refractivity contribution < 1.29 is 4.74 Å². The number of nitrogens with one attached hydrogen (secondary N) is 1. The first-order valence-electron chi connectivity index (χ1n) is 6.82. The van der Waals surface area contributed by atoms with Crippen LogP contribution in [0, 0.1) is 6.92 Å². The van der Waals surface area contributed by atoms with E-state index in [2.05, 4.69) is 30.3 Å². The predicted molar refractivity (Wildman–Crippen MR) is 74.8 cm³/mol. The van der Waals surface area contributed by atoms with E-state index in [1.807, 2.05) is 18.7 Å². The zero-order chi connectivity index (χ0) is 13.5. The Hall–Kier alpha value is -0.870. The molecule has 0 fully saturated rings. The SMILES string of the molecule is CCNC(CCC(C)OC)Cc1cc(C)nn1C. The topological polar surface area (TPSA) is 39.1 Å². The first kappa shape index (κ1) is 15.2. The highest BCUT2D eigenvalue weighted by Gasteiger charge is 2.13. The Labute approximate surface area is 111 Å². The highest BCUT2D eigenvalue weighted by atomic mass is 16.5. The van der Waals surface area contributed by atoms with Gasteiger partial charge in [0, 0.05) is 32.3 Å². The van der Waals surface area contributed by atoms with Crippen LogP contribution < -0.4 is 5.32 Å². The Kier molecular flexibility index (Phi) is 6.36. The van der Waals surface area contributed by atoms with Gasteiger partial charge in [0.15, 0.2) is 0 Å². The number of aryl methyl sites for hydroxylation is 2. The zero-order valence-corrected chi connectivity index (χ0v) is 12.4. The number of hydrogen-bond acceptors (Lipinski definition) is 3. The number of methoxy groups -OCH3 is 1. The van der Waals surface area contributed by atoms with Gasteiger partial charge in [0.25, 0.3) is 0 Å². The summed E-state index contributed by atoms with van der Waals surface area (Å²) < 4.78 is 7.30. The lowest BCUT2D eigenvalue weighted by Gasteiger charge is -2.19. The molecule has 1 aromatic heterocycles. The Bertz CT molecular complexity index is 349. The zero-order valence-electron chi connectivity index (χ0n) is 12.4. The van der Waals surface area contributed by atoms with Crippen molar-refractivity contribution in [3.8, 4) is 0 Å². The third-order valence-corrected chi connectivity index (χ3v) is 3.37. The largest absolute Gasteiger partial charge is 0.382 e. The molecule has 1 N–H and O–H groups in total. The van der Waals surface area contributed by atoms with Crippen LogP contribution in [0.25, 0.3) is 0 Å². The van der Waals surface area contributed by atoms with Crippen molar-refractivity contribution in [1.29, 1.82) is 0 Å².